The Morgan fingerprint density at radius 1 is 1.35 bits per heavy atom. The van der Waals surface area contributed by atoms with E-state index >= 15 is 0 Å². The summed E-state index contributed by atoms with van der Waals surface area (Å²) in [4.78, 5) is 0.556. The van der Waals surface area contributed by atoms with Gasteiger partial charge in [-0.1, -0.05) is 30.8 Å². The summed E-state index contributed by atoms with van der Waals surface area (Å²) in [5, 5.41) is 7.56. The summed E-state index contributed by atoms with van der Waals surface area (Å²) in [6, 6.07) is 9.12. The molecule has 0 spiro atoms. The molecule has 1 N–H and O–H groups in total. The minimum Gasteiger partial charge on any atom is -0.378 e. The Balaban J connectivity index is 2.08. The third-order valence-corrected chi connectivity index (χ3v) is 3.74. The lowest BCUT2D eigenvalue weighted by atomic mass is 10.3. The highest BCUT2D eigenvalue weighted by atomic mass is 32.2. The van der Waals surface area contributed by atoms with Crippen LogP contribution in [-0.4, -0.2) is 15.5 Å². The molecule has 0 amide bonds. The van der Waals surface area contributed by atoms with Gasteiger partial charge in [-0.05, 0) is 24.6 Å². The third-order valence-electron chi connectivity index (χ3n) is 2.95. The van der Waals surface area contributed by atoms with Crippen LogP contribution in [0.4, 0.5) is 14.5 Å². The average Bonchev–Trinajstić information content (AvgIpc) is 2.78. The lowest BCUT2D eigenvalue weighted by molar-refractivity contribution is 0.252. The van der Waals surface area contributed by atoms with Gasteiger partial charge in [0, 0.05) is 17.6 Å². The van der Waals surface area contributed by atoms with Crippen molar-refractivity contribution in [1.82, 2.24) is 9.78 Å². The van der Waals surface area contributed by atoms with E-state index in [0.717, 1.165) is 23.5 Å². The molecule has 0 unspecified atom stereocenters. The van der Waals surface area contributed by atoms with Crippen LogP contribution in [0.3, 0.4) is 0 Å². The molecular formula is C14H17F2N3S. The second-order valence-electron chi connectivity index (χ2n) is 4.33. The molecule has 1 aromatic heterocycles. The van der Waals surface area contributed by atoms with E-state index in [0.29, 0.717) is 23.2 Å². The van der Waals surface area contributed by atoms with Gasteiger partial charge in [0.05, 0.1) is 17.9 Å². The van der Waals surface area contributed by atoms with Crippen molar-refractivity contribution in [2.24, 2.45) is 7.05 Å². The Labute approximate surface area is 121 Å². The van der Waals surface area contributed by atoms with Crippen molar-refractivity contribution in [3.63, 3.8) is 0 Å². The Morgan fingerprint density at radius 3 is 2.75 bits per heavy atom. The monoisotopic (exact) mass is 297 g/mol. The maximum Gasteiger partial charge on any atom is 0.288 e. The quantitative estimate of drug-likeness (QED) is 0.820. The molecule has 0 aliphatic carbocycles. The highest BCUT2D eigenvalue weighted by Crippen LogP contribution is 2.31. The number of halogens is 2. The first-order valence-corrected chi connectivity index (χ1v) is 7.27. The van der Waals surface area contributed by atoms with E-state index < -0.39 is 5.76 Å². The highest BCUT2D eigenvalue weighted by Gasteiger charge is 2.10. The van der Waals surface area contributed by atoms with Gasteiger partial charge in [0.25, 0.3) is 5.76 Å². The number of nitrogens with zero attached hydrogens (tertiary/aromatic N) is 2. The van der Waals surface area contributed by atoms with E-state index in [2.05, 4.69) is 10.4 Å². The lowest BCUT2D eigenvalue weighted by Gasteiger charge is -2.11. The van der Waals surface area contributed by atoms with Crippen molar-refractivity contribution in [2.75, 3.05) is 5.32 Å². The Bertz CT molecular complexity index is 569. The van der Waals surface area contributed by atoms with Gasteiger partial charge in [-0.3, -0.25) is 4.68 Å². The summed E-state index contributed by atoms with van der Waals surface area (Å²) < 4.78 is 26.8. The molecule has 2 rings (SSSR count). The number of thioether (sulfide) groups is 1. The maximum atomic E-state index is 12.5. The first-order chi connectivity index (χ1) is 9.60. The molecule has 2 aromatic rings. The first kappa shape index (κ1) is 14.8. The number of alkyl halides is 2. The largest absolute Gasteiger partial charge is 0.378 e. The van der Waals surface area contributed by atoms with Crippen molar-refractivity contribution < 1.29 is 8.78 Å². The summed E-state index contributed by atoms with van der Waals surface area (Å²) in [7, 11) is 1.88. The second-order valence-corrected chi connectivity index (χ2v) is 5.36. The number of rotatable bonds is 6. The van der Waals surface area contributed by atoms with Gasteiger partial charge >= 0.3 is 0 Å². The number of para-hydroxylation sites is 1. The van der Waals surface area contributed by atoms with E-state index in [-0.39, 0.29) is 0 Å². The standard InChI is InChI=1S/C14H17F2N3S/c1-3-10-8-11(19(2)18-10)9-17-12-6-4-5-7-13(12)20-14(15)16/h4-8,14,17H,3,9H2,1-2H3. The van der Waals surface area contributed by atoms with E-state index in [1.807, 2.05) is 36.9 Å². The minimum absolute atomic E-state index is 0.556. The van der Waals surface area contributed by atoms with Gasteiger partial charge in [-0.2, -0.15) is 13.9 Å². The number of nitrogens with one attached hydrogen (secondary N) is 1. The van der Waals surface area contributed by atoms with E-state index in [1.165, 1.54) is 0 Å². The Hall–Kier alpha value is -1.56. The number of hydrogen-bond donors (Lipinski definition) is 1. The second kappa shape index (κ2) is 6.74. The van der Waals surface area contributed by atoms with Gasteiger partial charge in [0.15, 0.2) is 0 Å². The fourth-order valence-electron chi connectivity index (χ4n) is 1.91. The van der Waals surface area contributed by atoms with Gasteiger partial charge < -0.3 is 5.32 Å². The summed E-state index contributed by atoms with van der Waals surface area (Å²) in [6.07, 6.45) is 0.881. The fourth-order valence-corrected chi connectivity index (χ4v) is 2.52. The summed E-state index contributed by atoms with van der Waals surface area (Å²) in [5.74, 6) is -2.42. The average molecular weight is 297 g/mol. The molecule has 20 heavy (non-hydrogen) atoms. The predicted molar refractivity (Wildman–Crippen MR) is 78.2 cm³/mol. The molecule has 0 fully saturated rings. The molecule has 0 radical (unpaired) electrons. The Kier molecular flexibility index (Phi) is 5.00. The zero-order valence-electron chi connectivity index (χ0n) is 11.4. The zero-order valence-corrected chi connectivity index (χ0v) is 12.3. The zero-order chi connectivity index (χ0) is 14.5. The van der Waals surface area contributed by atoms with Crippen LogP contribution in [0.5, 0.6) is 0 Å². The van der Waals surface area contributed by atoms with Crippen LogP contribution in [0.15, 0.2) is 35.2 Å². The number of hydrogen-bond acceptors (Lipinski definition) is 3. The molecule has 1 heterocycles. The SMILES string of the molecule is CCc1cc(CNc2ccccc2SC(F)F)n(C)n1. The summed E-state index contributed by atoms with van der Waals surface area (Å²) in [5.41, 5.74) is 2.77. The summed E-state index contributed by atoms with van der Waals surface area (Å²) >= 11 is 0.556. The smallest absolute Gasteiger partial charge is 0.288 e. The summed E-state index contributed by atoms with van der Waals surface area (Å²) in [6.45, 7) is 2.61. The molecule has 0 saturated heterocycles. The maximum absolute atomic E-state index is 12.5. The number of benzene rings is 1. The van der Waals surface area contributed by atoms with Gasteiger partial charge in [0.2, 0.25) is 0 Å². The van der Waals surface area contributed by atoms with Crippen molar-refractivity contribution in [3.8, 4) is 0 Å². The molecule has 0 saturated carbocycles. The fraction of sp³-hybridized carbons (Fsp3) is 0.357. The number of aryl methyl sites for hydroxylation is 2. The van der Waals surface area contributed by atoms with Crippen LogP contribution in [0.25, 0.3) is 0 Å². The van der Waals surface area contributed by atoms with Crippen LogP contribution in [0, 0.1) is 0 Å². The highest BCUT2D eigenvalue weighted by molar-refractivity contribution is 7.99. The van der Waals surface area contributed by atoms with Crippen molar-refractivity contribution in [3.05, 3.63) is 41.7 Å². The normalized spacial score (nSPS) is 11.1. The van der Waals surface area contributed by atoms with Crippen molar-refractivity contribution in [1.29, 1.82) is 0 Å². The molecule has 0 aliphatic rings. The molecular weight excluding hydrogens is 280 g/mol. The molecule has 6 heteroatoms. The van der Waals surface area contributed by atoms with Crippen LogP contribution >= 0.6 is 11.8 Å². The van der Waals surface area contributed by atoms with Crippen LogP contribution in [-0.2, 0) is 20.0 Å². The van der Waals surface area contributed by atoms with E-state index in [4.69, 9.17) is 0 Å². The van der Waals surface area contributed by atoms with E-state index in [9.17, 15) is 8.78 Å². The van der Waals surface area contributed by atoms with Gasteiger partial charge in [0.1, 0.15) is 0 Å². The van der Waals surface area contributed by atoms with E-state index in [1.54, 1.807) is 12.1 Å². The molecule has 0 bridgehead atoms. The van der Waals surface area contributed by atoms with Gasteiger partial charge in [-0.15, -0.1) is 0 Å². The van der Waals surface area contributed by atoms with Crippen molar-refractivity contribution >= 4 is 17.4 Å². The molecule has 3 nitrogen and oxygen atoms in total. The molecule has 0 aliphatic heterocycles. The lowest BCUT2D eigenvalue weighted by Crippen LogP contribution is -2.06. The number of anilines is 1. The topological polar surface area (TPSA) is 29.9 Å². The molecule has 0 atom stereocenters. The molecule has 108 valence electrons. The van der Waals surface area contributed by atoms with Crippen LogP contribution in [0.2, 0.25) is 0 Å². The Morgan fingerprint density at radius 2 is 2.10 bits per heavy atom. The third kappa shape index (κ3) is 3.72. The number of aromatic nitrogens is 2. The first-order valence-electron chi connectivity index (χ1n) is 6.39. The minimum atomic E-state index is -2.42. The molecule has 1 aromatic carbocycles. The van der Waals surface area contributed by atoms with Crippen molar-refractivity contribution in [2.45, 2.75) is 30.5 Å². The predicted octanol–water partition coefficient (Wildman–Crippen LogP) is 3.91. The van der Waals surface area contributed by atoms with Crippen LogP contribution in [0.1, 0.15) is 18.3 Å². The van der Waals surface area contributed by atoms with Crippen LogP contribution < -0.4 is 5.32 Å². The van der Waals surface area contributed by atoms with Gasteiger partial charge in [-0.25, -0.2) is 0 Å².